The molecule has 1 aliphatic heterocycles. The topological polar surface area (TPSA) is 75.7 Å². The molecule has 8 heteroatoms. The third-order valence-corrected chi connectivity index (χ3v) is 7.16. The summed E-state index contributed by atoms with van der Waals surface area (Å²) >= 11 is 3.35. The summed E-state index contributed by atoms with van der Waals surface area (Å²) in [6, 6.07) is 11.7. The van der Waals surface area contributed by atoms with Crippen molar-refractivity contribution in [2.24, 2.45) is 0 Å². The molecule has 0 saturated carbocycles. The van der Waals surface area contributed by atoms with Gasteiger partial charge in [0.05, 0.1) is 7.11 Å². The van der Waals surface area contributed by atoms with Crippen LogP contribution in [0.3, 0.4) is 0 Å². The SMILES string of the molecule is COc1ccc(C(=O)Nc2ccc(Br)cc2)cc1S(=O)(=O)N1CCCCCC1. The van der Waals surface area contributed by atoms with Crippen molar-refractivity contribution < 1.29 is 17.9 Å². The van der Waals surface area contributed by atoms with E-state index in [1.807, 2.05) is 12.1 Å². The zero-order valence-electron chi connectivity index (χ0n) is 15.7. The van der Waals surface area contributed by atoms with Gasteiger partial charge in [-0.25, -0.2) is 8.42 Å². The van der Waals surface area contributed by atoms with Crippen molar-refractivity contribution in [3.63, 3.8) is 0 Å². The van der Waals surface area contributed by atoms with E-state index >= 15 is 0 Å². The van der Waals surface area contributed by atoms with Crippen LogP contribution < -0.4 is 10.1 Å². The lowest BCUT2D eigenvalue weighted by atomic mass is 10.2. The Morgan fingerprint density at radius 3 is 2.29 bits per heavy atom. The maximum Gasteiger partial charge on any atom is 0.255 e. The highest BCUT2D eigenvalue weighted by Crippen LogP contribution is 2.29. The van der Waals surface area contributed by atoms with Crippen molar-refractivity contribution in [1.29, 1.82) is 0 Å². The van der Waals surface area contributed by atoms with Gasteiger partial charge in [-0.2, -0.15) is 4.31 Å². The summed E-state index contributed by atoms with van der Waals surface area (Å²) in [6.07, 6.45) is 3.73. The van der Waals surface area contributed by atoms with Gasteiger partial charge >= 0.3 is 0 Å². The molecule has 1 aliphatic rings. The third-order valence-electron chi connectivity index (χ3n) is 4.71. The van der Waals surface area contributed by atoms with E-state index in [0.29, 0.717) is 18.8 Å². The van der Waals surface area contributed by atoms with Crippen molar-refractivity contribution >= 4 is 37.5 Å². The quantitative estimate of drug-likeness (QED) is 0.713. The van der Waals surface area contributed by atoms with Crippen LogP contribution in [0.4, 0.5) is 5.69 Å². The number of amides is 1. The maximum absolute atomic E-state index is 13.2. The smallest absolute Gasteiger partial charge is 0.255 e. The predicted molar refractivity (Wildman–Crippen MR) is 112 cm³/mol. The minimum Gasteiger partial charge on any atom is -0.495 e. The number of hydrogen-bond donors (Lipinski definition) is 1. The molecule has 0 bridgehead atoms. The maximum atomic E-state index is 13.2. The molecule has 1 amide bonds. The highest BCUT2D eigenvalue weighted by Gasteiger charge is 2.29. The number of sulfonamides is 1. The van der Waals surface area contributed by atoms with Gasteiger partial charge < -0.3 is 10.1 Å². The largest absolute Gasteiger partial charge is 0.495 e. The molecule has 1 heterocycles. The number of carbonyl (C=O) groups is 1. The number of halogens is 1. The summed E-state index contributed by atoms with van der Waals surface area (Å²) < 4.78 is 34.1. The number of rotatable bonds is 5. The molecule has 2 aromatic carbocycles. The fraction of sp³-hybridized carbons (Fsp3) is 0.350. The van der Waals surface area contributed by atoms with Gasteiger partial charge in [-0.15, -0.1) is 0 Å². The molecule has 1 N–H and O–H groups in total. The van der Waals surface area contributed by atoms with E-state index in [1.165, 1.54) is 23.5 Å². The first-order valence-corrected chi connectivity index (χ1v) is 11.4. The van der Waals surface area contributed by atoms with Crippen LogP contribution in [0.1, 0.15) is 36.0 Å². The van der Waals surface area contributed by atoms with Crippen molar-refractivity contribution in [3.05, 3.63) is 52.5 Å². The fourth-order valence-electron chi connectivity index (χ4n) is 3.18. The van der Waals surface area contributed by atoms with E-state index < -0.39 is 10.0 Å². The first-order chi connectivity index (χ1) is 13.4. The average Bonchev–Trinajstić information content (AvgIpc) is 2.99. The van der Waals surface area contributed by atoms with Gasteiger partial charge in [-0.05, 0) is 55.3 Å². The number of ether oxygens (including phenoxy) is 1. The fourth-order valence-corrected chi connectivity index (χ4v) is 5.14. The van der Waals surface area contributed by atoms with Gasteiger partial charge in [0.1, 0.15) is 10.6 Å². The van der Waals surface area contributed by atoms with Crippen LogP contribution in [0, 0.1) is 0 Å². The molecule has 0 unspecified atom stereocenters. The highest BCUT2D eigenvalue weighted by atomic mass is 79.9. The minimum absolute atomic E-state index is 0.0281. The molecule has 0 aliphatic carbocycles. The summed E-state index contributed by atoms with van der Waals surface area (Å²) in [5.74, 6) is -0.137. The highest BCUT2D eigenvalue weighted by molar-refractivity contribution is 9.10. The molecule has 0 aromatic heterocycles. The van der Waals surface area contributed by atoms with Crippen molar-refractivity contribution in [1.82, 2.24) is 4.31 Å². The Balaban J connectivity index is 1.90. The molecule has 1 saturated heterocycles. The first kappa shape index (κ1) is 20.8. The Kier molecular flexibility index (Phi) is 6.74. The Labute approximate surface area is 174 Å². The molecule has 150 valence electrons. The standard InChI is InChI=1S/C20H23BrN2O4S/c1-27-18-11-6-15(20(24)22-17-9-7-16(21)8-10-17)14-19(18)28(25,26)23-12-4-2-3-5-13-23/h6-11,14H,2-5,12-13H2,1H3,(H,22,24). The predicted octanol–water partition coefficient (Wildman–Crippen LogP) is 4.27. The van der Waals surface area contributed by atoms with Crippen LogP contribution in [0.25, 0.3) is 0 Å². The molecule has 3 rings (SSSR count). The number of hydrogen-bond acceptors (Lipinski definition) is 4. The monoisotopic (exact) mass is 466 g/mol. The molecule has 1 fully saturated rings. The van der Waals surface area contributed by atoms with Crippen LogP contribution in [-0.2, 0) is 10.0 Å². The second kappa shape index (κ2) is 9.07. The molecule has 2 aromatic rings. The van der Waals surface area contributed by atoms with Crippen LogP contribution >= 0.6 is 15.9 Å². The Bertz CT molecular complexity index is 937. The van der Waals surface area contributed by atoms with E-state index in [-0.39, 0.29) is 22.1 Å². The minimum atomic E-state index is -3.74. The Morgan fingerprint density at radius 2 is 1.68 bits per heavy atom. The zero-order chi connectivity index (χ0) is 20.1. The van der Waals surface area contributed by atoms with Gasteiger partial charge in [-0.3, -0.25) is 4.79 Å². The van der Waals surface area contributed by atoms with Crippen LogP contribution in [0.15, 0.2) is 51.8 Å². The number of nitrogens with one attached hydrogen (secondary N) is 1. The van der Waals surface area contributed by atoms with E-state index in [2.05, 4.69) is 21.2 Å². The molecule has 6 nitrogen and oxygen atoms in total. The number of carbonyl (C=O) groups excluding carboxylic acids is 1. The molecular formula is C20H23BrN2O4S. The average molecular weight is 467 g/mol. The first-order valence-electron chi connectivity index (χ1n) is 9.17. The zero-order valence-corrected chi connectivity index (χ0v) is 18.1. The van der Waals surface area contributed by atoms with E-state index in [1.54, 1.807) is 18.2 Å². The summed E-state index contributed by atoms with van der Waals surface area (Å²) in [5, 5.41) is 2.78. The Morgan fingerprint density at radius 1 is 1.04 bits per heavy atom. The summed E-state index contributed by atoms with van der Waals surface area (Å²) in [6.45, 7) is 0.974. The van der Waals surface area contributed by atoms with Crippen molar-refractivity contribution in [2.45, 2.75) is 30.6 Å². The second-order valence-corrected chi connectivity index (χ2v) is 9.47. The number of nitrogens with zero attached hydrogens (tertiary/aromatic N) is 1. The molecular weight excluding hydrogens is 444 g/mol. The van der Waals surface area contributed by atoms with E-state index in [4.69, 9.17) is 4.74 Å². The molecule has 28 heavy (non-hydrogen) atoms. The second-order valence-electron chi connectivity index (χ2n) is 6.64. The van der Waals surface area contributed by atoms with Crippen molar-refractivity contribution in [2.75, 3.05) is 25.5 Å². The summed E-state index contributed by atoms with van der Waals surface area (Å²) in [4.78, 5) is 12.7. The number of benzene rings is 2. The van der Waals surface area contributed by atoms with Crippen LogP contribution in [0.5, 0.6) is 5.75 Å². The van der Waals surface area contributed by atoms with Gasteiger partial charge in [0.25, 0.3) is 5.91 Å². The van der Waals surface area contributed by atoms with E-state index in [9.17, 15) is 13.2 Å². The molecule has 0 spiro atoms. The number of methoxy groups -OCH3 is 1. The molecule has 0 atom stereocenters. The van der Waals surface area contributed by atoms with Gasteiger partial charge in [-0.1, -0.05) is 28.8 Å². The lowest BCUT2D eigenvalue weighted by molar-refractivity contribution is 0.102. The van der Waals surface area contributed by atoms with Gasteiger partial charge in [0.2, 0.25) is 10.0 Å². The summed E-state index contributed by atoms with van der Waals surface area (Å²) in [7, 11) is -2.31. The lowest BCUT2D eigenvalue weighted by Crippen LogP contribution is -2.32. The Hall–Kier alpha value is -1.90. The van der Waals surface area contributed by atoms with E-state index in [0.717, 1.165) is 30.2 Å². The van der Waals surface area contributed by atoms with Crippen molar-refractivity contribution in [3.8, 4) is 5.75 Å². The van der Waals surface area contributed by atoms with Crippen LogP contribution in [-0.4, -0.2) is 38.8 Å². The normalized spacial score (nSPS) is 15.6. The lowest BCUT2D eigenvalue weighted by Gasteiger charge is -2.21. The number of anilines is 1. The summed E-state index contributed by atoms with van der Waals surface area (Å²) in [5.41, 5.74) is 0.887. The van der Waals surface area contributed by atoms with Crippen LogP contribution in [0.2, 0.25) is 0 Å². The molecule has 0 radical (unpaired) electrons. The van der Waals surface area contributed by atoms with Gasteiger partial charge in [0.15, 0.2) is 0 Å². The third kappa shape index (κ3) is 4.74. The van der Waals surface area contributed by atoms with Gasteiger partial charge in [0, 0.05) is 28.8 Å².